The third-order valence-corrected chi connectivity index (χ3v) is 3.94. The van der Waals surface area contributed by atoms with Gasteiger partial charge >= 0.3 is 0 Å². The highest BCUT2D eigenvalue weighted by Crippen LogP contribution is 2.25. The normalized spacial score (nSPS) is 16.4. The predicted molar refractivity (Wildman–Crippen MR) is 84.4 cm³/mol. The second-order valence-electron chi connectivity index (χ2n) is 6.46. The second kappa shape index (κ2) is 5.65. The molecule has 0 atom stereocenters. The highest BCUT2D eigenvalue weighted by molar-refractivity contribution is 6.30. The average molecular weight is 295 g/mol. The van der Waals surface area contributed by atoms with E-state index in [1.807, 2.05) is 37.8 Å². The molecule has 20 heavy (non-hydrogen) atoms. The van der Waals surface area contributed by atoms with Crippen molar-refractivity contribution < 1.29 is 4.79 Å². The minimum absolute atomic E-state index is 0.241. The smallest absolute Gasteiger partial charge is 0.228 e. The number of anilines is 1. The molecule has 1 aliphatic rings. The molecule has 0 aromatic heterocycles. The lowest BCUT2D eigenvalue weighted by Crippen LogP contribution is -2.51. The van der Waals surface area contributed by atoms with Crippen molar-refractivity contribution >= 4 is 23.2 Å². The highest BCUT2D eigenvalue weighted by atomic mass is 35.5. The van der Waals surface area contributed by atoms with Gasteiger partial charge in [0.15, 0.2) is 0 Å². The Balaban J connectivity index is 2.03. The molecule has 3 nitrogen and oxygen atoms in total. The molecule has 1 amide bonds. The molecular weight excluding hydrogens is 272 g/mol. The predicted octanol–water partition coefficient (Wildman–Crippen LogP) is 3.34. The van der Waals surface area contributed by atoms with Crippen LogP contribution in [0, 0.1) is 12.3 Å². The highest BCUT2D eigenvalue weighted by Gasteiger charge is 2.29. The van der Waals surface area contributed by atoms with Gasteiger partial charge in [-0.2, -0.15) is 0 Å². The van der Waals surface area contributed by atoms with Crippen molar-refractivity contribution in [3.8, 4) is 0 Å². The maximum atomic E-state index is 12.3. The van der Waals surface area contributed by atoms with Crippen molar-refractivity contribution in [1.82, 2.24) is 4.90 Å². The molecule has 0 saturated carbocycles. The molecule has 0 bridgehead atoms. The van der Waals surface area contributed by atoms with Gasteiger partial charge in [-0.3, -0.25) is 4.79 Å². The van der Waals surface area contributed by atoms with Gasteiger partial charge in [0.05, 0.1) is 0 Å². The van der Waals surface area contributed by atoms with Gasteiger partial charge in [-0.1, -0.05) is 32.4 Å². The average Bonchev–Trinajstić information content (AvgIpc) is 2.37. The van der Waals surface area contributed by atoms with Crippen LogP contribution in [0.1, 0.15) is 26.3 Å². The Morgan fingerprint density at radius 1 is 1.15 bits per heavy atom. The summed E-state index contributed by atoms with van der Waals surface area (Å²) in [7, 11) is 0. The third kappa shape index (κ3) is 3.26. The van der Waals surface area contributed by atoms with E-state index in [0.29, 0.717) is 0 Å². The van der Waals surface area contributed by atoms with Gasteiger partial charge in [-0.25, -0.2) is 0 Å². The molecule has 0 unspecified atom stereocenters. The Morgan fingerprint density at radius 3 is 2.25 bits per heavy atom. The van der Waals surface area contributed by atoms with E-state index in [1.54, 1.807) is 0 Å². The van der Waals surface area contributed by atoms with Gasteiger partial charge in [0.2, 0.25) is 5.91 Å². The third-order valence-electron chi connectivity index (χ3n) is 3.71. The first kappa shape index (κ1) is 15.2. The number of nitrogens with zero attached hydrogens (tertiary/aromatic N) is 2. The van der Waals surface area contributed by atoms with E-state index in [4.69, 9.17) is 11.6 Å². The molecule has 0 aliphatic carbocycles. The van der Waals surface area contributed by atoms with Crippen LogP contribution in [-0.4, -0.2) is 37.0 Å². The fourth-order valence-electron chi connectivity index (χ4n) is 2.60. The van der Waals surface area contributed by atoms with Crippen molar-refractivity contribution in [1.29, 1.82) is 0 Å². The zero-order valence-corrected chi connectivity index (χ0v) is 13.5. The van der Waals surface area contributed by atoms with E-state index in [0.717, 1.165) is 31.2 Å². The number of benzene rings is 1. The van der Waals surface area contributed by atoms with Crippen LogP contribution in [0.5, 0.6) is 0 Å². The Kier molecular flexibility index (Phi) is 4.28. The second-order valence-corrected chi connectivity index (χ2v) is 6.90. The molecule has 110 valence electrons. The van der Waals surface area contributed by atoms with Crippen molar-refractivity contribution in [3.63, 3.8) is 0 Å². The first-order valence-electron chi connectivity index (χ1n) is 7.09. The molecule has 1 saturated heterocycles. The molecule has 2 rings (SSSR count). The molecule has 0 radical (unpaired) electrons. The summed E-state index contributed by atoms with van der Waals surface area (Å²) in [6.45, 7) is 11.3. The lowest BCUT2D eigenvalue weighted by molar-refractivity contribution is -0.139. The van der Waals surface area contributed by atoms with Gasteiger partial charge in [-0.15, -0.1) is 0 Å². The maximum absolute atomic E-state index is 12.3. The largest absolute Gasteiger partial charge is 0.368 e. The van der Waals surface area contributed by atoms with Crippen molar-refractivity contribution in [2.45, 2.75) is 27.7 Å². The van der Waals surface area contributed by atoms with Gasteiger partial charge < -0.3 is 9.80 Å². The van der Waals surface area contributed by atoms with Crippen LogP contribution in [0.25, 0.3) is 0 Å². The molecule has 1 aliphatic heterocycles. The fourth-order valence-corrected chi connectivity index (χ4v) is 2.83. The summed E-state index contributed by atoms with van der Waals surface area (Å²) in [5.74, 6) is 0.241. The van der Waals surface area contributed by atoms with Crippen LogP contribution in [-0.2, 0) is 4.79 Å². The summed E-state index contributed by atoms with van der Waals surface area (Å²) < 4.78 is 0. The standard InChI is InChI=1S/C16H23ClN2O/c1-12-11-13(17)5-6-14(12)18-7-9-19(10-8-18)15(20)16(2,3)4/h5-6,11H,7-10H2,1-4H3. The molecule has 4 heteroatoms. The molecule has 1 fully saturated rings. The fraction of sp³-hybridized carbons (Fsp3) is 0.562. The van der Waals surface area contributed by atoms with Crippen LogP contribution in [0.4, 0.5) is 5.69 Å². The number of aryl methyl sites for hydroxylation is 1. The van der Waals surface area contributed by atoms with Crippen LogP contribution >= 0.6 is 11.6 Å². The summed E-state index contributed by atoms with van der Waals surface area (Å²) >= 11 is 6.00. The van der Waals surface area contributed by atoms with E-state index in [1.165, 1.54) is 11.3 Å². The van der Waals surface area contributed by atoms with Crippen LogP contribution in [0.3, 0.4) is 0 Å². The summed E-state index contributed by atoms with van der Waals surface area (Å²) in [4.78, 5) is 16.6. The SMILES string of the molecule is Cc1cc(Cl)ccc1N1CCN(C(=O)C(C)(C)C)CC1. The molecule has 0 spiro atoms. The quantitative estimate of drug-likeness (QED) is 0.793. The van der Waals surface area contributed by atoms with Crippen LogP contribution < -0.4 is 4.90 Å². The number of carbonyl (C=O) groups is 1. The Labute approximate surface area is 126 Å². The first-order chi connectivity index (χ1) is 9.29. The first-order valence-corrected chi connectivity index (χ1v) is 7.47. The van der Waals surface area contributed by atoms with Crippen molar-refractivity contribution in [2.75, 3.05) is 31.1 Å². The van der Waals surface area contributed by atoms with E-state index < -0.39 is 0 Å². The van der Waals surface area contributed by atoms with Gasteiger partial charge in [0.25, 0.3) is 0 Å². The number of piperazine rings is 1. The molecule has 1 aromatic carbocycles. The number of amides is 1. The van der Waals surface area contributed by atoms with E-state index in [9.17, 15) is 4.79 Å². The molecule has 1 heterocycles. The molecular formula is C16H23ClN2O. The minimum atomic E-state index is -0.293. The Morgan fingerprint density at radius 2 is 1.75 bits per heavy atom. The number of carbonyl (C=O) groups excluding carboxylic acids is 1. The number of hydrogen-bond acceptors (Lipinski definition) is 2. The Bertz CT molecular complexity index is 500. The maximum Gasteiger partial charge on any atom is 0.228 e. The van der Waals surface area contributed by atoms with Crippen LogP contribution in [0.15, 0.2) is 18.2 Å². The monoisotopic (exact) mass is 294 g/mol. The summed E-state index contributed by atoms with van der Waals surface area (Å²) in [6, 6.07) is 5.99. The summed E-state index contributed by atoms with van der Waals surface area (Å²) in [5.41, 5.74) is 2.11. The zero-order valence-electron chi connectivity index (χ0n) is 12.7. The van der Waals surface area contributed by atoms with Crippen LogP contribution in [0.2, 0.25) is 5.02 Å². The van der Waals surface area contributed by atoms with Crippen molar-refractivity contribution in [2.24, 2.45) is 5.41 Å². The van der Waals surface area contributed by atoms with E-state index in [2.05, 4.69) is 17.9 Å². The topological polar surface area (TPSA) is 23.6 Å². The lowest BCUT2D eigenvalue weighted by Gasteiger charge is -2.39. The Hall–Kier alpha value is -1.22. The van der Waals surface area contributed by atoms with Gasteiger partial charge in [0, 0.05) is 42.3 Å². The number of halogens is 1. The number of rotatable bonds is 1. The van der Waals surface area contributed by atoms with Crippen molar-refractivity contribution in [3.05, 3.63) is 28.8 Å². The summed E-state index contributed by atoms with van der Waals surface area (Å²) in [6.07, 6.45) is 0. The zero-order chi connectivity index (χ0) is 14.9. The molecule has 0 N–H and O–H groups in total. The lowest BCUT2D eigenvalue weighted by atomic mass is 9.94. The van der Waals surface area contributed by atoms with Gasteiger partial charge in [0.1, 0.15) is 0 Å². The minimum Gasteiger partial charge on any atom is -0.368 e. The van der Waals surface area contributed by atoms with Gasteiger partial charge in [-0.05, 0) is 30.7 Å². The van der Waals surface area contributed by atoms with E-state index in [-0.39, 0.29) is 11.3 Å². The van der Waals surface area contributed by atoms with E-state index >= 15 is 0 Å². The number of hydrogen-bond donors (Lipinski definition) is 0. The molecule has 1 aromatic rings. The summed E-state index contributed by atoms with van der Waals surface area (Å²) in [5, 5.41) is 0.771.